The number of esters is 3. The first kappa shape index (κ1) is 71.3. The molecular weight excluding hydrogens is 925 g/mol. The average molecular weight is 1040 g/mol. The van der Waals surface area contributed by atoms with Gasteiger partial charge in [0.25, 0.3) is 0 Å². The molecule has 0 aromatic carbocycles. The third kappa shape index (κ3) is 61.1. The standard InChI is InChI=1S/C69H118O6/c1-4-7-10-13-16-19-22-24-26-28-29-30-31-32-33-34-35-36-37-38-39-41-42-44-47-50-53-56-59-62-68(71)74-65-66(64-73-67(70)61-58-55-52-49-46-21-18-15-12-9-6-3)75-69(72)63-60-57-54-51-48-45-43-40-27-25-23-20-17-14-11-8-5-2/h7,10,15-16,18-19,24-27,29-30,32-33,35-36,66H,4-6,8-9,11-14,17,20-23,28,31,34,37-65H2,1-3H3/b10-7-,18-15-,19-16-,26-24-,27-25-,30-29-,33-32-,36-35-. The first-order chi connectivity index (χ1) is 37.0. The summed E-state index contributed by atoms with van der Waals surface area (Å²) < 4.78 is 16.9. The van der Waals surface area contributed by atoms with Crippen LogP contribution in [-0.4, -0.2) is 37.2 Å². The monoisotopic (exact) mass is 1040 g/mol. The Morgan fingerprint density at radius 2 is 0.533 bits per heavy atom. The molecule has 0 radical (unpaired) electrons. The van der Waals surface area contributed by atoms with Gasteiger partial charge >= 0.3 is 17.9 Å². The van der Waals surface area contributed by atoms with Crippen molar-refractivity contribution >= 4 is 17.9 Å². The van der Waals surface area contributed by atoms with Crippen molar-refractivity contribution in [2.24, 2.45) is 0 Å². The van der Waals surface area contributed by atoms with E-state index in [0.29, 0.717) is 19.3 Å². The molecule has 1 unspecified atom stereocenters. The molecule has 1 atom stereocenters. The predicted molar refractivity (Wildman–Crippen MR) is 325 cm³/mol. The molecule has 0 aliphatic heterocycles. The van der Waals surface area contributed by atoms with Crippen LogP contribution in [0.15, 0.2) is 97.2 Å². The Bertz CT molecular complexity index is 1480. The minimum absolute atomic E-state index is 0.0830. The Morgan fingerprint density at radius 1 is 0.280 bits per heavy atom. The summed E-state index contributed by atoms with van der Waals surface area (Å²) >= 11 is 0. The van der Waals surface area contributed by atoms with Crippen LogP contribution >= 0.6 is 0 Å². The molecule has 0 aromatic rings. The molecule has 0 fully saturated rings. The Morgan fingerprint density at radius 3 is 0.867 bits per heavy atom. The molecule has 0 heterocycles. The summed E-state index contributed by atoms with van der Waals surface area (Å²) in [6.07, 6.45) is 84.1. The molecule has 0 rings (SSSR count). The van der Waals surface area contributed by atoms with Gasteiger partial charge in [0.05, 0.1) is 0 Å². The van der Waals surface area contributed by atoms with E-state index in [-0.39, 0.29) is 31.1 Å². The third-order valence-corrected chi connectivity index (χ3v) is 13.5. The zero-order valence-corrected chi connectivity index (χ0v) is 49.3. The quantitative estimate of drug-likeness (QED) is 0.0261. The molecule has 6 nitrogen and oxygen atoms in total. The Labute approximate surface area is 464 Å². The number of unbranched alkanes of at least 4 members (excludes halogenated alkanes) is 30. The topological polar surface area (TPSA) is 78.9 Å². The van der Waals surface area contributed by atoms with Gasteiger partial charge in [-0.1, -0.05) is 266 Å². The van der Waals surface area contributed by atoms with Gasteiger partial charge in [-0.15, -0.1) is 0 Å². The van der Waals surface area contributed by atoms with E-state index >= 15 is 0 Å². The summed E-state index contributed by atoms with van der Waals surface area (Å²) in [6, 6.07) is 0. The van der Waals surface area contributed by atoms with Gasteiger partial charge < -0.3 is 14.2 Å². The van der Waals surface area contributed by atoms with Gasteiger partial charge in [0, 0.05) is 19.3 Å². The van der Waals surface area contributed by atoms with E-state index in [0.717, 1.165) is 103 Å². The van der Waals surface area contributed by atoms with Gasteiger partial charge in [0.15, 0.2) is 6.10 Å². The van der Waals surface area contributed by atoms with Gasteiger partial charge in [-0.2, -0.15) is 0 Å². The van der Waals surface area contributed by atoms with E-state index in [1.54, 1.807) is 0 Å². The molecule has 0 saturated heterocycles. The molecule has 0 saturated carbocycles. The lowest BCUT2D eigenvalue weighted by molar-refractivity contribution is -0.167. The molecule has 0 aromatic heterocycles. The predicted octanol–water partition coefficient (Wildman–Crippen LogP) is 21.7. The normalized spacial score (nSPS) is 12.7. The Balaban J connectivity index is 4.25. The van der Waals surface area contributed by atoms with Crippen LogP contribution in [-0.2, 0) is 28.6 Å². The lowest BCUT2D eigenvalue weighted by atomic mass is 10.1. The highest BCUT2D eigenvalue weighted by Gasteiger charge is 2.19. The maximum atomic E-state index is 12.9. The molecule has 0 bridgehead atoms. The third-order valence-electron chi connectivity index (χ3n) is 13.5. The van der Waals surface area contributed by atoms with E-state index < -0.39 is 6.10 Å². The van der Waals surface area contributed by atoms with Crippen molar-refractivity contribution in [3.8, 4) is 0 Å². The van der Waals surface area contributed by atoms with E-state index in [4.69, 9.17) is 14.2 Å². The summed E-state index contributed by atoms with van der Waals surface area (Å²) in [5.41, 5.74) is 0. The number of allylic oxidation sites excluding steroid dienone is 16. The van der Waals surface area contributed by atoms with Crippen molar-refractivity contribution in [2.45, 2.75) is 309 Å². The van der Waals surface area contributed by atoms with Gasteiger partial charge in [0.2, 0.25) is 0 Å². The van der Waals surface area contributed by atoms with E-state index in [9.17, 15) is 14.4 Å². The molecule has 0 spiro atoms. The lowest BCUT2D eigenvalue weighted by Crippen LogP contribution is -2.30. The fourth-order valence-corrected chi connectivity index (χ4v) is 8.78. The summed E-state index contributed by atoms with van der Waals surface area (Å²) in [6.45, 7) is 6.49. The smallest absolute Gasteiger partial charge is 0.306 e. The molecule has 0 amide bonds. The number of carbonyl (C=O) groups excluding carboxylic acids is 3. The summed E-state index contributed by atoms with van der Waals surface area (Å²) in [4.78, 5) is 38.2. The molecule has 0 aliphatic carbocycles. The van der Waals surface area contributed by atoms with Crippen molar-refractivity contribution in [3.63, 3.8) is 0 Å². The molecule has 0 aliphatic rings. The van der Waals surface area contributed by atoms with Crippen LogP contribution in [0.1, 0.15) is 303 Å². The maximum Gasteiger partial charge on any atom is 0.306 e. The van der Waals surface area contributed by atoms with Gasteiger partial charge in [0.1, 0.15) is 13.2 Å². The van der Waals surface area contributed by atoms with Gasteiger partial charge in [-0.25, -0.2) is 0 Å². The van der Waals surface area contributed by atoms with Gasteiger partial charge in [-0.3, -0.25) is 14.4 Å². The SMILES string of the molecule is CC/C=C\C/C=C\C/C=C\C/C=C\C/C=C\C/C=C\CCCCCCCCCCCCC(=O)OCC(COC(=O)CCCCCCC/C=C\CCCC)OC(=O)CCCCCCCCC/C=C\CCCCCCCC. The summed E-state index contributed by atoms with van der Waals surface area (Å²) in [5.74, 6) is -0.893. The highest BCUT2D eigenvalue weighted by Crippen LogP contribution is 2.16. The number of ether oxygens (including phenoxy) is 3. The minimum Gasteiger partial charge on any atom is -0.462 e. The number of carbonyl (C=O) groups is 3. The highest BCUT2D eigenvalue weighted by molar-refractivity contribution is 5.71. The summed E-state index contributed by atoms with van der Waals surface area (Å²) in [7, 11) is 0. The van der Waals surface area contributed by atoms with E-state index in [1.807, 2.05) is 0 Å². The van der Waals surface area contributed by atoms with Crippen molar-refractivity contribution in [2.75, 3.05) is 13.2 Å². The van der Waals surface area contributed by atoms with Crippen LogP contribution in [0, 0.1) is 0 Å². The first-order valence-electron chi connectivity index (χ1n) is 31.7. The number of rotatable bonds is 57. The Hall–Kier alpha value is -3.67. The second-order valence-electron chi connectivity index (χ2n) is 20.9. The van der Waals surface area contributed by atoms with Crippen LogP contribution < -0.4 is 0 Å². The highest BCUT2D eigenvalue weighted by atomic mass is 16.6. The largest absolute Gasteiger partial charge is 0.462 e. The molecule has 75 heavy (non-hydrogen) atoms. The number of hydrogen-bond donors (Lipinski definition) is 0. The van der Waals surface area contributed by atoms with E-state index in [1.165, 1.54) is 161 Å². The zero-order valence-electron chi connectivity index (χ0n) is 49.3. The summed E-state index contributed by atoms with van der Waals surface area (Å²) in [5, 5.41) is 0. The fourth-order valence-electron chi connectivity index (χ4n) is 8.78. The Kier molecular flexibility index (Phi) is 59.8. The van der Waals surface area contributed by atoms with Crippen molar-refractivity contribution in [1.82, 2.24) is 0 Å². The zero-order chi connectivity index (χ0) is 54.3. The van der Waals surface area contributed by atoms with Crippen molar-refractivity contribution < 1.29 is 28.6 Å². The van der Waals surface area contributed by atoms with Crippen LogP contribution in [0.3, 0.4) is 0 Å². The average Bonchev–Trinajstić information content (AvgIpc) is 3.41. The van der Waals surface area contributed by atoms with Crippen molar-refractivity contribution in [3.05, 3.63) is 97.2 Å². The minimum atomic E-state index is -0.785. The second kappa shape index (κ2) is 62.9. The molecule has 6 heteroatoms. The van der Waals surface area contributed by atoms with Crippen molar-refractivity contribution in [1.29, 1.82) is 0 Å². The fraction of sp³-hybridized carbons (Fsp3) is 0.725. The lowest BCUT2D eigenvalue weighted by Gasteiger charge is -2.18. The molecule has 0 N–H and O–H groups in total. The van der Waals surface area contributed by atoms with E-state index in [2.05, 4.69) is 118 Å². The maximum absolute atomic E-state index is 12.9. The molecule has 430 valence electrons. The van der Waals surface area contributed by atoms with Crippen LogP contribution in [0.5, 0.6) is 0 Å². The number of hydrogen-bond acceptors (Lipinski definition) is 6. The van der Waals surface area contributed by atoms with Crippen LogP contribution in [0.4, 0.5) is 0 Å². The van der Waals surface area contributed by atoms with Crippen LogP contribution in [0.25, 0.3) is 0 Å². The van der Waals surface area contributed by atoms with Crippen LogP contribution in [0.2, 0.25) is 0 Å². The molecular formula is C69H118O6. The van der Waals surface area contributed by atoms with Gasteiger partial charge in [-0.05, 0) is 116 Å². The second-order valence-corrected chi connectivity index (χ2v) is 20.9. The first-order valence-corrected chi connectivity index (χ1v) is 31.7.